The summed E-state index contributed by atoms with van der Waals surface area (Å²) >= 11 is 1.96. The highest BCUT2D eigenvalue weighted by Gasteiger charge is 2.28. The van der Waals surface area contributed by atoms with Crippen molar-refractivity contribution >= 4 is 29.1 Å². The number of rotatable bonds is 2. The van der Waals surface area contributed by atoms with Crippen LogP contribution >= 0.6 is 11.3 Å². The first-order valence-electron chi connectivity index (χ1n) is 6.06. The van der Waals surface area contributed by atoms with Gasteiger partial charge < -0.3 is 0 Å². The Morgan fingerprint density at radius 3 is 2.18 bits per heavy atom. The summed E-state index contributed by atoms with van der Waals surface area (Å²) in [5, 5.41) is 1.57. The van der Waals surface area contributed by atoms with Gasteiger partial charge in [0.15, 0.2) is 0 Å². The van der Waals surface area contributed by atoms with Crippen LogP contribution in [0.3, 0.4) is 0 Å². The number of benzene rings is 1. The third-order valence-corrected chi connectivity index (χ3v) is 9.37. The fourth-order valence-electron chi connectivity index (χ4n) is 2.42. The minimum atomic E-state index is -1.48. The zero-order valence-corrected chi connectivity index (χ0v) is 13.1. The molecule has 1 heterocycles. The molecule has 2 heteroatoms. The van der Waals surface area contributed by atoms with E-state index in [0.717, 1.165) is 0 Å². The van der Waals surface area contributed by atoms with Crippen molar-refractivity contribution in [2.24, 2.45) is 0 Å². The SMILES string of the molecule is Cc1ccc([Si](C)(C)c2ccc(C)s2)c(C)c1. The Morgan fingerprint density at radius 2 is 1.65 bits per heavy atom. The van der Waals surface area contributed by atoms with Crippen LogP contribution in [-0.2, 0) is 0 Å². The van der Waals surface area contributed by atoms with Crippen LogP contribution in [0.15, 0.2) is 30.3 Å². The first-order valence-corrected chi connectivity index (χ1v) is 9.87. The Morgan fingerprint density at radius 1 is 0.941 bits per heavy atom. The van der Waals surface area contributed by atoms with Crippen molar-refractivity contribution in [2.75, 3.05) is 0 Å². The van der Waals surface area contributed by atoms with Gasteiger partial charge in [-0.3, -0.25) is 0 Å². The van der Waals surface area contributed by atoms with Gasteiger partial charge >= 0.3 is 0 Å². The lowest BCUT2D eigenvalue weighted by atomic mass is 10.2. The Labute approximate surface area is 109 Å². The van der Waals surface area contributed by atoms with E-state index in [-0.39, 0.29) is 0 Å². The molecule has 0 amide bonds. The molecular weight excluding hydrogens is 240 g/mol. The highest BCUT2D eigenvalue weighted by Crippen LogP contribution is 2.15. The van der Waals surface area contributed by atoms with Crippen molar-refractivity contribution in [3.8, 4) is 0 Å². The molecule has 1 aromatic heterocycles. The van der Waals surface area contributed by atoms with Crippen molar-refractivity contribution < 1.29 is 0 Å². The summed E-state index contributed by atoms with van der Waals surface area (Å²) in [7, 11) is -1.48. The lowest BCUT2D eigenvalue weighted by Gasteiger charge is -2.24. The second-order valence-electron chi connectivity index (χ2n) is 5.35. The molecule has 0 atom stereocenters. The zero-order chi connectivity index (χ0) is 12.6. The van der Waals surface area contributed by atoms with E-state index >= 15 is 0 Å². The van der Waals surface area contributed by atoms with E-state index in [2.05, 4.69) is 64.2 Å². The molecule has 0 fully saturated rings. The second-order valence-corrected chi connectivity index (χ2v) is 11.3. The van der Waals surface area contributed by atoms with Crippen molar-refractivity contribution in [1.29, 1.82) is 0 Å². The van der Waals surface area contributed by atoms with Crippen molar-refractivity contribution in [2.45, 2.75) is 33.9 Å². The van der Waals surface area contributed by atoms with Gasteiger partial charge in [-0.1, -0.05) is 53.7 Å². The minimum absolute atomic E-state index is 1.36. The number of hydrogen-bond donors (Lipinski definition) is 0. The third-order valence-electron chi connectivity index (χ3n) is 3.41. The van der Waals surface area contributed by atoms with Gasteiger partial charge in [-0.25, -0.2) is 0 Å². The van der Waals surface area contributed by atoms with E-state index < -0.39 is 8.07 Å². The molecule has 0 saturated heterocycles. The van der Waals surface area contributed by atoms with Gasteiger partial charge in [0.2, 0.25) is 0 Å². The van der Waals surface area contributed by atoms with E-state index in [9.17, 15) is 0 Å². The molecule has 0 bridgehead atoms. The Kier molecular flexibility index (Phi) is 3.28. The zero-order valence-electron chi connectivity index (χ0n) is 11.3. The number of aryl methyl sites for hydroxylation is 3. The Balaban J connectivity index is 2.51. The molecule has 2 aromatic rings. The van der Waals surface area contributed by atoms with Crippen LogP contribution in [0.2, 0.25) is 13.1 Å². The van der Waals surface area contributed by atoms with Gasteiger partial charge in [-0.2, -0.15) is 0 Å². The average molecular weight is 260 g/mol. The van der Waals surface area contributed by atoms with Crippen molar-refractivity contribution in [3.63, 3.8) is 0 Å². The molecule has 0 saturated carbocycles. The fourth-order valence-corrected chi connectivity index (χ4v) is 7.19. The molecule has 0 N–H and O–H groups in total. The highest BCUT2D eigenvalue weighted by molar-refractivity contribution is 7.29. The molecule has 2 rings (SSSR count). The van der Waals surface area contributed by atoms with Crippen molar-refractivity contribution in [3.05, 3.63) is 46.3 Å². The van der Waals surface area contributed by atoms with E-state index in [4.69, 9.17) is 0 Å². The largest absolute Gasteiger partial charge is 0.150 e. The maximum Gasteiger partial charge on any atom is 0.125 e. The van der Waals surface area contributed by atoms with E-state index in [1.165, 1.54) is 16.0 Å². The number of hydrogen-bond acceptors (Lipinski definition) is 1. The summed E-state index contributed by atoms with van der Waals surface area (Å²) in [4.78, 5) is 1.42. The maximum absolute atomic E-state index is 2.45. The predicted octanol–water partition coefficient (Wildman–Crippen LogP) is 3.50. The van der Waals surface area contributed by atoms with Crippen LogP contribution in [0.4, 0.5) is 0 Å². The first kappa shape index (κ1) is 12.6. The molecule has 0 unspecified atom stereocenters. The van der Waals surface area contributed by atoms with Gasteiger partial charge in [-0.15, -0.1) is 11.3 Å². The standard InChI is InChI=1S/C15H20SSi/c1-11-6-8-14(12(2)10-11)17(4,5)15-9-7-13(3)16-15/h6-10H,1-5H3. The molecule has 0 aliphatic rings. The number of thiophene rings is 1. The minimum Gasteiger partial charge on any atom is -0.150 e. The van der Waals surface area contributed by atoms with Crippen LogP contribution in [0.1, 0.15) is 16.0 Å². The van der Waals surface area contributed by atoms with Crippen LogP contribution in [0, 0.1) is 20.8 Å². The summed E-state index contributed by atoms with van der Waals surface area (Å²) in [5.41, 5.74) is 2.81. The molecule has 0 aliphatic heterocycles. The van der Waals surface area contributed by atoms with Crippen LogP contribution in [0.25, 0.3) is 0 Å². The molecule has 0 spiro atoms. The normalized spacial score (nSPS) is 11.8. The quantitative estimate of drug-likeness (QED) is 0.725. The van der Waals surface area contributed by atoms with E-state index in [1.807, 2.05) is 11.3 Å². The maximum atomic E-state index is 2.45. The molecule has 1 aromatic carbocycles. The molecule has 0 radical (unpaired) electrons. The Bertz CT molecular complexity index is 538. The summed E-state index contributed by atoms with van der Waals surface area (Å²) in [5.74, 6) is 0. The monoisotopic (exact) mass is 260 g/mol. The van der Waals surface area contributed by atoms with Gasteiger partial charge in [0.1, 0.15) is 8.07 Å². The molecule has 17 heavy (non-hydrogen) atoms. The molecule has 90 valence electrons. The van der Waals surface area contributed by atoms with Crippen LogP contribution in [-0.4, -0.2) is 8.07 Å². The highest BCUT2D eigenvalue weighted by atomic mass is 32.1. The van der Waals surface area contributed by atoms with Gasteiger partial charge in [0.05, 0.1) is 0 Å². The summed E-state index contributed by atoms with van der Waals surface area (Å²) in [6.45, 7) is 11.5. The second kappa shape index (κ2) is 4.43. The van der Waals surface area contributed by atoms with E-state index in [0.29, 0.717) is 0 Å². The van der Waals surface area contributed by atoms with Gasteiger partial charge in [0, 0.05) is 4.88 Å². The van der Waals surface area contributed by atoms with Crippen LogP contribution < -0.4 is 9.69 Å². The van der Waals surface area contributed by atoms with Crippen molar-refractivity contribution in [1.82, 2.24) is 0 Å². The smallest absolute Gasteiger partial charge is 0.125 e. The summed E-state index contributed by atoms with van der Waals surface area (Å²) < 4.78 is 1.59. The topological polar surface area (TPSA) is 0 Å². The lowest BCUT2D eigenvalue weighted by molar-refractivity contribution is 1.40. The molecule has 0 nitrogen and oxygen atoms in total. The lowest BCUT2D eigenvalue weighted by Crippen LogP contribution is -2.52. The Hall–Kier alpha value is -0.863. The molecular formula is C15H20SSi. The molecule has 0 aliphatic carbocycles. The summed E-state index contributed by atoms with van der Waals surface area (Å²) in [6, 6.07) is 11.5. The van der Waals surface area contributed by atoms with Gasteiger partial charge in [-0.05, 0) is 31.3 Å². The fraction of sp³-hybridized carbons (Fsp3) is 0.333. The first-order chi connectivity index (χ1) is 7.91. The van der Waals surface area contributed by atoms with Crippen LogP contribution in [0.5, 0.6) is 0 Å². The van der Waals surface area contributed by atoms with Gasteiger partial charge in [0.25, 0.3) is 0 Å². The third kappa shape index (κ3) is 2.38. The average Bonchev–Trinajstić information content (AvgIpc) is 2.64. The summed E-state index contributed by atoms with van der Waals surface area (Å²) in [6.07, 6.45) is 0. The van der Waals surface area contributed by atoms with E-state index in [1.54, 1.807) is 9.69 Å². The predicted molar refractivity (Wildman–Crippen MR) is 81.7 cm³/mol.